The highest BCUT2D eigenvalue weighted by Gasteiger charge is 2.34. The first-order chi connectivity index (χ1) is 8.25. The zero-order valence-corrected chi connectivity index (χ0v) is 10.3. The molecule has 1 aliphatic carbocycles. The number of aliphatic carboxylic acids is 1. The van der Waals surface area contributed by atoms with Gasteiger partial charge in [0, 0.05) is 11.0 Å². The maximum Gasteiger partial charge on any atom is 0.309 e. The van der Waals surface area contributed by atoms with Crippen molar-refractivity contribution in [2.24, 2.45) is 0 Å². The first kappa shape index (κ1) is 11.1. The molecule has 2 atom stereocenters. The van der Waals surface area contributed by atoms with Gasteiger partial charge in [-0.3, -0.25) is 4.79 Å². The van der Waals surface area contributed by atoms with Gasteiger partial charge in [-0.05, 0) is 12.8 Å². The summed E-state index contributed by atoms with van der Waals surface area (Å²) in [7, 11) is 0. The Bertz CT molecular complexity index is 446. The van der Waals surface area contributed by atoms with Crippen molar-refractivity contribution in [2.75, 3.05) is 0 Å². The monoisotopic (exact) mass is 253 g/mol. The molecule has 1 aromatic heterocycles. The quantitative estimate of drug-likeness (QED) is 0.867. The fraction of sp³-hybridized carbons (Fsp3) is 0.727. The van der Waals surface area contributed by atoms with Gasteiger partial charge in [0.15, 0.2) is 0 Å². The summed E-state index contributed by atoms with van der Waals surface area (Å²) in [5.74, 6) is 0.0283. The van der Waals surface area contributed by atoms with Crippen LogP contribution in [0.25, 0.3) is 0 Å². The predicted molar refractivity (Wildman–Crippen MR) is 63.9 cm³/mol. The van der Waals surface area contributed by atoms with E-state index >= 15 is 0 Å². The molecule has 3 rings (SSSR count). The molecular weight excluding hydrogens is 238 g/mol. The summed E-state index contributed by atoms with van der Waals surface area (Å²) >= 11 is 1.94. The zero-order valence-electron chi connectivity index (χ0n) is 9.50. The maximum atomic E-state index is 10.8. The van der Waals surface area contributed by atoms with E-state index in [1.165, 1.54) is 19.3 Å². The molecular formula is C11H15N3O2S. The summed E-state index contributed by atoms with van der Waals surface area (Å²) in [6.45, 7) is 0. The van der Waals surface area contributed by atoms with E-state index in [0.29, 0.717) is 17.0 Å². The SMILES string of the molecule is O=C(O)Cc1nnn2c1CSC1CCCCC12. The van der Waals surface area contributed by atoms with Gasteiger partial charge >= 0.3 is 5.97 Å². The third-order valence-electron chi connectivity index (χ3n) is 3.61. The fourth-order valence-corrected chi connectivity index (χ4v) is 4.26. The lowest BCUT2D eigenvalue weighted by Crippen LogP contribution is -2.31. The van der Waals surface area contributed by atoms with Gasteiger partial charge in [0.2, 0.25) is 0 Å². The molecule has 6 heteroatoms. The largest absolute Gasteiger partial charge is 0.481 e. The molecule has 1 aromatic rings. The minimum atomic E-state index is -0.830. The van der Waals surface area contributed by atoms with Crippen LogP contribution in [0.1, 0.15) is 43.1 Å². The summed E-state index contributed by atoms with van der Waals surface area (Å²) in [4.78, 5) is 10.8. The lowest BCUT2D eigenvalue weighted by molar-refractivity contribution is -0.136. The molecule has 2 unspecified atom stereocenters. The number of carboxylic acids is 1. The van der Waals surface area contributed by atoms with Crippen molar-refractivity contribution >= 4 is 17.7 Å². The summed E-state index contributed by atoms with van der Waals surface area (Å²) < 4.78 is 2.00. The predicted octanol–water partition coefficient (Wildman–Crippen LogP) is 1.64. The molecule has 92 valence electrons. The summed E-state index contributed by atoms with van der Waals surface area (Å²) in [6, 6.07) is 0.438. The van der Waals surface area contributed by atoms with Gasteiger partial charge < -0.3 is 5.11 Å². The van der Waals surface area contributed by atoms with Crippen LogP contribution in [-0.2, 0) is 17.0 Å². The van der Waals surface area contributed by atoms with Crippen LogP contribution < -0.4 is 0 Å². The number of thioether (sulfide) groups is 1. The lowest BCUT2D eigenvalue weighted by atomic mass is 9.94. The molecule has 1 saturated carbocycles. The number of fused-ring (bicyclic) bond motifs is 3. The smallest absolute Gasteiger partial charge is 0.309 e. The number of carboxylic acid groups (broad SMARTS) is 1. The highest BCUT2D eigenvalue weighted by Crippen LogP contribution is 2.42. The number of hydrogen-bond acceptors (Lipinski definition) is 4. The second-order valence-corrected chi connectivity index (χ2v) is 5.93. The van der Waals surface area contributed by atoms with Crippen LogP contribution in [0.4, 0.5) is 0 Å². The molecule has 0 amide bonds. The van der Waals surface area contributed by atoms with E-state index in [9.17, 15) is 4.79 Å². The van der Waals surface area contributed by atoms with E-state index in [0.717, 1.165) is 17.9 Å². The third-order valence-corrected chi connectivity index (χ3v) is 5.02. The minimum Gasteiger partial charge on any atom is -0.481 e. The van der Waals surface area contributed by atoms with Crippen LogP contribution in [0, 0.1) is 0 Å². The summed E-state index contributed by atoms with van der Waals surface area (Å²) in [6.07, 6.45) is 4.95. The highest BCUT2D eigenvalue weighted by molar-refractivity contribution is 7.99. The van der Waals surface area contributed by atoms with Crippen molar-refractivity contribution < 1.29 is 9.90 Å². The molecule has 0 spiro atoms. The molecule has 1 aliphatic heterocycles. The number of nitrogens with zero attached hydrogens (tertiary/aromatic N) is 3. The van der Waals surface area contributed by atoms with Gasteiger partial charge in [0.05, 0.1) is 23.9 Å². The van der Waals surface area contributed by atoms with Crippen molar-refractivity contribution in [3.05, 3.63) is 11.4 Å². The van der Waals surface area contributed by atoms with E-state index in [4.69, 9.17) is 5.11 Å². The topological polar surface area (TPSA) is 68.0 Å². The summed E-state index contributed by atoms with van der Waals surface area (Å²) in [5, 5.41) is 17.7. The molecule has 0 radical (unpaired) electrons. The van der Waals surface area contributed by atoms with Crippen molar-refractivity contribution in [2.45, 2.75) is 49.1 Å². The standard InChI is InChI=1S/C11H15N3O2S/c15-11(16)5-7-9-6-17-10-4-2-1-3-8(10)14(9)13-12-7/h8,10H,1-6H2,(H,15,16). The first-order valence-electron chi connectivity index (χ1n) is 6.02. The van der Waals surface area contributed by atoms with Gasteiger partial charge in [0.1, 0.15) is 0 Å². The van der Waals surface area contributed by atoms with Crippen LogP contribution in [0.3, 0.4) is 0 Å². The van der Waals surface area contributed by atoms with Crippen LogP contribution in [-0.4, -0.2) is 31.3 Å². The van der Waals surface area contributed by atoms with Crippen LogP contribution in [0.15, 0.2) is 0 Å². The molecule has 2 aliphatic rings. The molecule has 5 nitrogen and oxygen atoms in total. The van der Waals surface area contributed by atoms with Gasteiger partial charge in [-0.2, -0.15) is 0 Å². The van der Waals surface area contributed by atoms with Gasteiger partial charge in [-0.15, -0.1) is 16.9 Å². The van der Waals surface area contributed by atoms with E-state index in [1.54, 1.807) is 0 Å². The Morgan fingerprint density at radius 1 is 1.47 bits per heavy atom. The van der Waals surface area contributed by atoms with E-state index in [2.05, 4.69) is 10.3 Å². The number of aromatic nitrogens is 3. The molecule has 0 saturated heterocycles. The van der Waals surface area contributed by atoms with Crippen LogP contribution in [0.2, 0.25) is 0 Å². The summed E-state index contributed by atoms with van der Waals surface area (Å²) in [5.41, 5.74) is 1.68. The first-order valence-corrected chi connectivity index (χ1v) is 7.07. The average Bonchev–Trinajstić information content (AvgIpc) is 2.72. The normalized spacial score (nSPS) is 27.3. The number of rotatable bonds is 2. The maximum absolute atomic E-state index is 10.8. The molecule has 2 heterocycles. The molecule has 0 aromatic carbocycles. The van der Waals surface area contributed by atoms with E-state index < -0.39 is 5.97 Å². The Balaban J connectivity index is 1.90. The minimum absolute atomic E-state index is 0.00667. The zero-order chi connectivity index (χ0) is 11.8. The molecule has 0 bridgehead atoms. The number of hydrogen-bond donors (Lipinski definition) is 1. The van der Waals surface area contributed by atoms with Gasteiger partial charge in [-0.25, -0.2) is 4.68 Å². The Hall–Kier alpha value is -1.04. The Kier molecular flexibility index (Phi) is 2.82. The second-order valence-electron chi connectivity index (χ2n) is 4.70. The van der Waals surface area contributed by atoms with E-state index in [1.807, 2.05) is 16.4 Å². The second kappa shape index (κ2) is 4.33. The van der Waals surface area contributed by atoms with Gasteiger partial charge in [-0.1, -0.05) is 18.1 Å². The average molecular weight is 253 g/mol. The Morgan fingerprint density at radius 2 is 2.29 bits per heavy atom. The molecule has 1 fully saturated rings. The fourth-order valence-electron chi connectivity index (χ4n) is 2.78. The Morgan fingerprint density at radius 3 is 3.12 bits per heavy atom. The van der Waals surface area contributed by atoms with Crippen LogP contribution in [0.5, 0.6) is 0 Å². The Labute approximate surface area is 104 Å². The lowest BCUT2D eigenvalue weighted by Gasteiger charge is -2.35. The van der Waals surface area contributed by atoms with Crippen molar-refractivity contribution in [3.8, 4) is 0 Å². The number of carbonyl (C=O) groups is 1. The molecule has 17 heavy (non-hydrogen) atoms. The molecule has 1 N–H and O–H groups in total. The van der Waals surface area contributed by atoms with E-state index in [-0.39, 0.29) is 6.42 Å². The van der Waals surface area contributed by atoms with Crippen LogP contribution >= 0.6 is 11.8 Å². The third kappa shape index (κ3) is 1.94. The van der Waals surface area contributed by atoms with Crippen molar-refractivity contribution in [3.63, 3.8) is 0 Å². The highest BCUT2D eigenvalue weighted by atomic mass is 32.2. The van der Waals surface area contributed by atoms with Crippen molar-refractivity contribution in [1.82, 2.24) is 15.0 Å². The van der Waals surface area contributed by atoms with Crippen molar-refractivity contribution in [1.29, 1.82) is 0 Å². The van der Waals surface area contributed by atoms with Gasteiger partial charge in [0.25, 0.3) is 0 Å².